The molecule has 2 heteroatoms. The molecule has 0 amide bonds. The highest BCUT2D eigenvalue weighted by molar-refractivity contribution is 4.94. The Morgan fingerprint density at radius 2 is 1.94 bits per heavy atom. The standard InChI is InChI=1S/C16H34N2/c1-6-13(2)18-16(12-17)10-7-8-14(9-11-16)15(3,4)5/h13-14,18H,6-12,17H2,1-5H3. The Morgan fingerprint density at radius 1 is 1.28 bits per heavy atom. The molecule has 0 aromatic heterocycles. The zero-order valence-electron chi connectivity index (χ0n) is 13.2. The van der Waals surface area contributed by atoms with Crippen LogP contribution in [0.1, 0.15) is 73.1 Å². The summed E-state index contributed by atoms with van der Waals surface area (Å²) in [4.78, 5) is 0. The van der Waals surface area contributed by atoms with Crippen molar-refractivity contribution in [2.45, 2.75) is 84.7 Å². The van der Waals surface area contributed by atoms with Gasteiger partial charge in [0.05, 0.1) is 0 Å². The molecule has 18 heavy (non-hydrogen) atoms. The van der Waals surface area contributed by atoms with E-state index in [-0.39, 0.29) is 5.54 Å². The largest absolute Gasteiger partial charge is 0.329 e. The van der Waals surface area contributed by atoms with E-state index in [4.69, 9.17) is 5.73 Å². The van der Waals surface area contributed by atoms with E-state index in [0.29, 0.717) is 11.5 Å². The van der Waals surface area contributed by atoms with E-state index in [1.165, 1.54) is 38.5 Å². The third-order valence-corrected chi connectivity index (χ3v) is 4.96. The van der Waals surface area contributed by atoms with Gasteiger partial charge in [-0.05, 0) is 50.4 Å². The molecular formula is C16H34N2. The highest BCUT2D eigenvalue weighted by Gasteiger charge is 2.35. The summed E-state index contributed by atoms with van der Waals surface area (Å²) in [5.41, 5.74) is 6.75. The van der Waals surface area contributed by atoms with Gasteiger partial charge in [0.2, 0.25) is 0 Å². The first kappa shape index (κ1) is 16.0. The molecule has 0 aromatic rings. The average molecular weight is 254 g/mol. The molecule has 3 N–H and O–H groups in total. The van der Waals surface area contributed by atoms with Crippen LogP contribution in [0.25, 0.3) is 0 Å². The van der Waals surface area contributed by atoms with Crippen LogP contribution in [-0.2, 0) is 0 Å². The number of nitrogens with two attached hydrogens (primary N) is 1. The summed E-state index contributed by atoms with van der Waals surface area (Å²) in [6, 6.07) is 0.583. The van der Waals surface area contributed by atoms with Crippen LogP contribution < -0.4 is 11.1 Å². The summed E-state index contributed by atoms with van der Waals surface area (Å²) < 4.78 is 0. The Balaban J connectivity index is 2.67. The molecule has 0 spiro atoms. The number of nitrogens with one attached hydrogen (secondary N) is 1. The summed E-state index contributed by atoms with van der Waals surface area (Å²) >= 11 is 0. The molecule has 1 fully saturated rings. The van der Waals surface area contributed by atoms with Crippen LogP contribution in [0, 0.1) is 11.3 Å². The molecule has 1 aliphatic carbocycles. The Morgan fingerprint density at radius 3 is 2.44 bits per heavy atom. The topological polar surface area (TPSA) is 38.0 Å². The Kier molecular flexibility index (Phi) is 5.67. The fourth-order valence-corrected chi connectivity index (χ4v) is 3.30. The molecule has 2 nitrogen and oxygen atoms in total. The van der Waals surface area contributed by atoms with Gasteiger partial charge in [-0.1, -0.05) is 34.1 Å². The van der Waals surface area contributed by atoms with Gasteiger partial charge in [0.15, 0.2) is 0 Å². The first-order chi connectivity index (χ1) is 8.33. The zero-order valence-corrected chi connectivity index (χ0v) is 13.2. The van der Waals surface area contributed by atoms with Crippen molar-refractivity contribution in [1.82, 2.24) is 5.32 Å². The van der Waals surface area contributed by atoms with Crippen LogP contribution in [0.4, 0.5) is 0 Å². The van der Waals surface area contributed by atoms with Crippen molar-refractivity contribution in [3.8, 4) is 0 Å². The second-order valence-corrected chi connectivity index (χ2v) is 7.43. The highest BCUT2D eigenvalue weighted by Crippen LogP contribution is 2.39. The maximum Gasteiger partial charge on any atom is 0.0306 e. The van der Waals surface area contributed by atoms with Gasteiger partial charge >= 0.3 is 0 Å². The monoisotopic (exact) mass is 254 g/mol. The minimum absolute atomic E-state index is 0.204. The fraction of sp³-hybridized carbons (Fsp3) is 1.00. The van der Waals surface area contributed by atoms with Crippen molar-refractivity contribution >= 4 is 0 Å². The van der Waals surface area contributed by atoms with E-state index in [2.05, 4.69) is 39.9 Å². The number of hydrogen-bond acceptors (Lipinski definition) is 2. The molecule has 0 aromatic carbocycles. The summed E-state index contributed by atoms with van der Waals surface area (Å²) in [6.45, 7) is 12.5. The Bertz CT molecular complexity index is 244. The number of hydrogen-bond donors (Lipinski definition) is 2. The van der Waals surface area contributed by atoms with Crippen molar-refractivity contribution < 1.29 is 0 Å². The lowest BCUT2D eigenvalue weighted by Crippen LogP contribution is -2.54. The third-order valence-electron chi connectivity index (χ3n) is 4.96. The summed E-state index contributed by atoms with van der Waals surface area (Å²) in [5.74, 6) is 0.852. The fourth-order valence-electron chi connectivity index (χ4n) is 3.30. The lowest BCUT2D eigenvalue weighted by atomic mass is 9.76. The van der Waals surface area contributed by atoms with E-state index < -0.39 is 0 Å². The summed E-state index contributed by atoms with van der Waals surface area (Å²) in [5, 5.41) is 3.82. The molecule has 0 aliphatic heterocycles. The van der Waals surface area contributed by atoms with E-state index in [9.17, 15) is 0 Å². The Hall–Kier alpha value is -0.0800. The molecule has 3 atom stereocenters. The lowest BCUT2D eigenvalue weighted by molar-refractivity contribution is 0.203. The van der Waals surface area contributed by atoms with Gasteiger partial charge in [-0.2, -0.15) is 0 Å². The van der Waals surface area contributed by atoms with Gasteiger partial charge in [0.25, 0.3) is 0 Å². The molecule has 3 unspecified atom stereocenters. The van der Waals surface area contributed by atoms with Crippen LogP contribution in [0.5, 0.6) is 0 Å². The predicted octanol–water partition coefficient (Wildman–Crippen LogP) is 3.70. The van der Waals surface area contributed by atoms with E-state index in [1.54, 1.807) is 0 Å². The van der Waals surface area contributed by atoms with Crippen LogP contribution in [0.3, 0.4) is 0 Å². The van der Waals surface area contributed by atoms with Crippen molar-refractivity contribution in [3.05, 3.63) is 0 Å². The second-order valence-electron chi connectivity index (χ2n) is 7.43. The average Bonchev–Trinajstić information content (AvgIpc) is 2.51. The van der Waals surface area contributed by atoms with Crippen LogP contribution in [-0.4, -0.2) is 18.1 Å². The smallest absolute Gasteiger partial charge is 0.0306 e. The Labute approximate surface area is 114 Å². The van der Waals surface area contributed by atoms with Gasteiger partial charge in [0.1, 0.15) is 0 Å². The normalized spacial score (nSPS) is 32.0. The first-order valence-corrected chi connectivity index (χ1v) is 7.81. The van der Waals surface area contributed by atoms with Crippen LogP contribution in [0.15, 0.2) is 0 Å². The summed E-state index contributed by atoms with van der Waals surface area (Å²) in [6.07, 6.45) is 7.70. The van der Waals surface area contributed by atoms with E-state index in [1.807, 2.05) is 0 Å². The summed E-state index contributed by atoms with van der Waals surface area (Å²) in [7, 11) is 0. The maximum atomic E-state index is 6.10. The highest BCUT2D eigenvalue weighted by atomic mass is 15.0. The molecule has 0 bridgehead atoms. The van der Waals surface area contributed by atoms with Crippen LogP contribution in [0.2, 0.25) is 0 Å². The molecular weight excluding hydrogens is 220 g/mol. The van der Waals surface area contributed by atoms with Crippen molar-refractivity contribution in [2.75, 3.05) is 6.54 Å². The first-order valence-electron chi connectivity index (χ1n) is 7.81. The van der Waals surface area contributed by atoms with Gasteiger partial charge < -0.3 is 11.1 Å². The lowest BCUT2D eigenvalue weighted by Gasteiger charge is -2.36. The van der Waals surface area contributed by atoms with Crippen LogP contribution >= 0.6 is 0 Å². The van der Waals surface area contributed by atoms with Crippen molar-refractivity contribution in [1.29, 1.82) is 0 Å². The molecule has 0 radical (unpaired) electrons. The molecule has 1 saturated carbocycles. The molecule has 1 rings (SSSR count). The van der Waals surface area contributed by atoms with E-state index in [0.717, 1.165) is 12.5 Å². The second kappa shape index (κ2) is 6.38. The third kappa shape index (κ3) is 4.24. The molecule has 1 aliphatic rings. The maximum absolute atomic E-state index is 6.10. The number of rotatable bonds is 4. The quantitative estimate of drug-likeness (QED) is 0.751. The van der Waals surface area contributed by atoms with Gasteiger partial charge in [-0.3, -0.25) is 0 Å². The predicted molar refractivity (Wildman–Crippen MR) is 80.7 cm³/mol. The molecule has 108 valence electrons. The van der Waals surface area contributed by atoms with E-state index >= 15 is 0 Å². The minimum atomic E-state index is 0.204. The molecule has 0 saturated heterocycles. The van der Waals surface area contributed by atoms with Crippen molar-refractivity contribution in [2.24, 2.45) is 17.1 Å². The van der Waals surface area contributed by atoms with Gasteiger partial charge in [-0.25, -0.2) is 0 Å². The molecule has 0 heterocycles. The minimum Gasteiger partial charge on any atom is -0.329 e. The van der Waals surface area contributed by atoms with Crippen molar-refractivity contribution in [3.63, 3.8) is 0 Å². The van der Waals surface area contributed by atoms with Gasteiger partial charge in [-0.15, -0.1) is 0 Å². The van der Waals surface area contributed by atoms with Gasteiger partial charge in [0, 0.05) is 18.1 Å². The zero-order chi connectivity index (χ0) is 13.8. The SMILES string of the molecule is CCC(C)NC1(CN)CCCC(C(C)(C)C)CC1.